The quantitative estimate of drug-likeness (QED) is 0.614. The third-order valence-corrected chi connectivity index (χ3v) is 2.41. The van der Waals surface area contributed by atoms with E-state index < -0.39 is 42.1 Å². The Labute approximate surface area is 122 Å². The van der Waals surface area contributed by atoms with Crippen LogP contribution in [0.25, 0.3) is 0 Å². The largest absolute Gasteiger partial charge is 0.484 e. The number of halogens is 3. The first-order valence-electron chi connectivity index (χ1n) is 5.79. The number of hydrogen-bond acceptors (Lipinski definition) is 4. The molecule has 7 nitrogen and oxygen atoms in total. The van der Waals surface area contributed by atoms with Gasteiger partial charge in [0.1, 0.15) is 5.75 Å². The maximum absolute atomic E-state index is 12.5. The fraction of sp³-hybridized carbons (Fsp3) is 0.250. The Morgan fingerprint density at radius 1 is 1.18 bits per heavy atom. The van der Waals surface area contributed by atoms with E-state index in [0.29, 0.717) is 6.07 Å². The maximum Gasteiger partial charge on any atom is 0.416 e. The van der Waals surface area contributed by atoms with E-state index in [1.165, 1.54) is 6.07 Å². The Hall–Kier alpha value is -2.78. The molecule has 5 N–H and O–H groups in total. The number of ether oxygens (including phenoxy) is 1. The van der Waals surface area contributed by atoms with Gasteiger partial charge in [0, 0.05) is 0 Å². The average molecular weight is 319 g/mol. The molecule has 0 atom stereocenters. The molecule has 0 spiro atoms. The summed E-state index contributed by atoms with van der Waals surface area (Å²) >= 11 is 0. The van der Waals surface area contributed by atoms with Crippen LogP contribution in [0.3, 0.4) is 0 Å². The Bertz CT molecular complexity index is 575. The predicted molar refractivity (Wildman–Crippen MR) is 67.3 cm³/mol. The molecule has 0 aromatic heterocycles. The molecule has 10 heteroatoms. The van der Waals surface area contributed by atoms with Gasteiger partial charge in [0.2, 0.25) is 11.8 Å². The van der Waals surface area contributed by atoms with Gasteiger partial charge in [-0.2, -0.15) is 13.2 Å². The van der Waals surface area contributed by atoms with E-state index in [2.05, 4.69) is 0 Å². The monoisotopic (exact) mass is 319 g/mol. The number of amides is 3. The number of carbonyl (C=O) groups is 3. The van der Waals surface area contributed by atoms with Gasteiger partial charge in [-0.1, -0.05) is 6.07 Å². The lowest BCUT2D eigenvalue weighted by Crippen LogP contribution is -2.53. The van der Waals surface area contributed by atoms with Gasteiger partial charge >= 0.3 is 6.18 Å². The Balaban J connectivity index is 2.65. The topological polar surface area (TPSA) is 125 Å². The van der Waals surface area contributed by atoms with Crippen molar-refractivity contribution in [3.8, 4) is 5.75 Å². The Kier molecular flexibility index (Phi) is 5.33. The van der Waals surface area contributed by atoms with Gasteiger partial charge in [-0.15, -0.1) is 0 Å². The van der Waals surface area contributed by atoms with E-state index in [0.717, 1.165) is 12.1 Å². The zero-order chi connectivity index (χ0) is 16.9. The van der Waals surface area contributed by atoms with Crippen LogP contribution in [0.5, 0.6) is 5.75 Å². The van der Waals surface area contributed by atoms with Crippen molar-refractivity contribution in [1.82, 2.24) is 5.32 Å². The third-order valence-electron chi connectivity index (χ3n) is 2.41. The maximum atomic E-state index is 12.5. The first-order chi connectivity index (χ1) is 10.1. The van der Waals surface area contributed by atoms with Crippen molar-refractivity contribution in [3.05, 3.63) is 29.8 Å². The van der Waals surface area contributed by atoms with Crippen molar-refractivity contribution in [2.75, 3.05) is 6.61 Å². The molecule has 120 valence electrons. The molecular formula is C12H12F3N3O4. The van der Waals surface area contributed by atoms with Crippen molar-refractivity contribution in [3.63, 3.8) is 0 Å². The molecule has 0 fully saturated rings. The van der Waals surface area contributed by atoms with Crippen molar-refractivity contribution in [1.29, 1.82) is 0 Å². The van der Waals surface area contributed by atoms with Crippen LogP contribution in [0, 0.1) is 0 Å². The minimum Gasteiger partial charge on any atom is -0.484 e. The Morgan fingerprint density at radius 3 is 2.27 bits per heavy atom. The molecule has 0 bridgehead atoms. The normalized spacial score (nSPS) is 11.1. The van der Waals surface area contributed by atoms with Crippen molar-refractivity contribution < 1.29 is 32.3 Å². The van der Waals surface area contributed by atoms with E-state index in [9.17, 15) is 27.6 Å². The average Bonchev–Trinajstić information content (AvgIpc) is 2.41. The number of primary amides is 2. The lowest BCUT2D eigenvalue weighted by molar-refractivity contribution is -0.138. The van der Waals surface area contributed by atoms with Gasteiger partial charge in [0.15, 0.2) is 12.6 Å². The van der Waals surface area contributed by atoms with Gasteiger partial charge < -0.3 is 21.5 Å². The summed E-state index contributed by atoms with van der Waals surface area (Å²) in [6, 6.07) is 2.13. The van der Waals surface area contributed by atoms with Crippen LogP contribution >= 0.6 is 0 Å². The molecule has 0 radical (unpaired) electrons. The SMILES string of the molecule is NC(=O)C(NC(=O)COc1cccc(C(F)(F)F)c1)C(N)=O. The summed E-state index contributed by atoms with van der Waals surface area (Å²) in [5, 5.41) is 1.90. The zero-order valence-electron chi connectivity index (χ0n) is 11.0. The molecule has 0 unspecified atom stereocenters. The smallest absolute Gasteiger partial charge is 0.416 e. The van der Waals surface area contributed by atoms with Crippen molar-refractivity contribution in [2.24, 2.45) is 11.5 Å². The summed E-state index contributed by atoms with van der Waals surface area (Å²) in [4.78, 5) is 33.1. The zero-order valence-corrected chi connectivity index (χ0v) is 11.0. The summed E-state index contributed by atoms with van der Waals surface area (Å²) in [5.74, 6) is -3.49. The molecule has 0 aliphatic carbocycles. The lowest BCUT2D eigenvalue weighted by atomic mass is 10.2. The molecule has 0 aliphatic heterocycles. The number of carbonyl (C=O) groups excluding carboxylic acids is 3. The molecule has 0 saturated heterocycles. The highest BCUT2D eigenvalue weighted by molar-refractivity contribution is 6.05. The first-order valence-corrected chi connectivity index (χ1v) is 5.79. The van der Waals surface area contributed by atoms with Crippen LogP contribution < -0.4 is 21.5 Å². The van der Waals surface area contributed by atoms with Gasteiger partial charge in [-0.25, -0.2) is 0 Å². The summed E-state index contributed by atoms with van der Waals surface area (Å²) in [7, 11) is 0. The summed E-state index contributed by atoms with van der Waals surface area (Å²) < 4.78 is 42.3. The van der Waals surface area contributed by atoms with Crippen LogP contribution in [-0.4, -0.2) is 30.4 Å². The number of rotatable bonds is 6. The fourth-order valence-corrected chi connectivity index (χ4v) is 1.40. The molecule has 1 aromatic carbocycles. The highest BCUT2D eigenvalue weighted by Gasteiger charge is 2.30. The second-order valence-electron chi connectivity index (χ2n) is 4.12. The molecule has 3 amide bonds. The molecule has 0 saturated carbocycles. The molecule has 0 heterocycles. The minimum absolute atomic E-state index is 0.209. The summed E-state index contributed by atoms with van der Waals surface area (Å²) in [5.41, 5.74) is 8.73. The minimum atomic E-state index is -4.55. The van der Waals surface area contributed by atoms with Crippen molar-refractivity contribution >= 4 is 17.7 Å². The summed E-state index contributed by atoms with van der Waals surface area (Å²) in [6.07, 6.45) is -4.55. The second-order valence-corrected chi connectivity index (χ2v) is 4.12. The van der Waals surface area contributed by atoms with E-state index >= 15 is 0 Å². The number of benzene rings is 1. The van der Waals surface area contributed by atoms with Gasteiger partial charge in [0.05, 0.1) is 5.56 Å². The highest BCUT2D eigenvalue weighted by Crippen LogP contribution is 2.31. The van der Waals surface area contributed by atoms with E-state index in [1.54, 1.807) is 0 Å². The standard InChI is InChI=1S/C12H12F3N3O4/c13-12(14,15)6-2-1-3-7(4-6)22-5-8(19)18-9(10(16)20)11(17)21/h1-4,9H,5H2,(H2,16,20)(H2,17,21)(H,18,19). The van der Waals surface area contributed by atoms with Crippen LogP contribution in [0.4, 0.5) is 13.2 Å². The van der Waals surface area contributed by atoms with Crippen LogP contribution in [-0.2, 0) is 20.6 Å². The lowest BCUT2D eigenvalue weighted by Gasteiger charge is -2.13. The molecule has 0 aliphatic rings. The Morgan fingerprint density at radius 2 is 1.77 bits per heavy atom. The molecule has 1 aromatic rings. The van der Waals surface area contributed by atoms with E-state index in [-0.39, 0.29) is 5.75 Å². The second kappa shape index (κ2) is 6.78. The van der Waals surface area contributed by atoms with Crippen LogP contribution in [0.15, 0.2) is 24.3 Å². The van der Waals surface area contributed by atoms with E-state index in [1.807, 2.05) is 5.32 Å². The number of alkyl halides is 3. The fourth-order valence-electron chi connectivity index (χ4n) is 1.40. The summed E-state index contributed by atoms with van der Waals surface area (Å²) in [6.45, 7) is -0.724. The number of nitrogens with two attached hydrogens (primary N) is 2. The van der Waals surface area contributed by atoms with E-state index in [4.69, 9.17) is 16.2 Å². The van der Waals surface area contributed by atoms with Crippen LogP contribution in [0.2, 0.25) is 0 Å². The molecule has 22 heavy (non-hydrogen) atoms. The van der Waals surface area contributed by atoms with Gasteiger partial charge in [0.25, 0.3) is 5.91 Å². The number of hydrogen-bond donors (Lipinski definition) is 3. The van der Waals surface area contributed by atoms with Crippen molar-refractivity contribution in [2.45, 2.75) is 12.2 Å². The number of nitrogens with one attached hydrogen (secondary N) is 1. The van der Waals surface area contributed by atoms with Gasteiger partial charge in [-0.3, -0.25) is 14.4 Å². The molecule has 1 rings (SSSR count). The van der Waals surface area contributed by atoms with Gasteiger partial charge in [-0.05, 0) is 18.2 Å². The highest BCUT2D eigenvalue weighted by atomic mass is 19.4. The molecular weight excluding hydrogens is 307 g/mol. The first kappa shape index (κ1) is 17.3. The third kappa shape index (κ3) is 4.96. The van der Waals surface area contributed by atoms with Crippen LogP contribution in [0.1, 0.15) is 5.56 Å². The predicted octanol–water partition coefficient (Wildman–Crippen LogP) is -0.460.